The third-order valence-corrected chi connectivity index (χ3v) is 7.12. The summed E-state index contributed by atoms with van der Waals surface area (Å²) in [6, 6.07) is 13.0. The number of thiocarbonyl (C=S) groups is 1. The number of hydrogen-bond acceptors (Lipinski definition) is 6. The summed E-state index contributed by atoms with van der Waals surface area (Å²) in [5.41, 5.74) is 1.70. The molecule has 0 unspecified atom stereocenters. The minimum absolute atomic E-state index is 0.157. The Hall–Kier alpha value is -2.62. The first-order valence-corrected chi connectivity index (χ1v) is 11.5. The minimum atomic E-state index is -0.916. The summed E-state index contributed by atoms with van der Waals surface area (Å²) in [6.07, 6.45) is 0. The van der Waals surface area contributed by atoms with Gasteiger partial charge in [-0.05, 0) is 85.1 Å². The molecule has 2 aromatic carbocycles. The van der Waals surface area contributed by atoms with E-state index in [1.807, 2.05) is 36.9 Å². The van der Waals surface area contributed by atoms with Gasteiger partial charge >= 0.3 is 0 Å². The molecule has 156 valence electrons. The van der Waals surface area contributed by atoms with Gasteiger partial charge in [-0.1, -0.05) is 11.3 Å². The maximum atomic E-state index is 13.3. The smallest absolute Gasteiger partial charge is 0.259 e. The van der Waals surface area contributed by atoms with E-state index in [0.29, 0.717) is 27.0 Å². The second-order valence-electron chi connectivity index (χ2n) is 7.45. The Morgan fingerprint density at radius 2 is 1.97 bits per heavy atom. The second-order valence-corrected chi connectivity index (χ2v) is 10.0. The van der Waals surface area contributed by atoms with Crippen LogP contribution in [0.1, 0.15) is 26.3 Å². The van der Waals surface area contributed by atoms with Gasteiger partial charge in [-0.2, -0.15) is 5.26 Å². The number of nitrogens with zero attached hydrogens (tertiary/aromatic N) is 4. The fourth-order valence-corrected chi connectivity index (χ4v) is 5.48. The monoisotopic (exact) mass is 561 g/mol. The van der Waals surface area contributed by atoms with Crippen molar-refractivity contribution in [3.05, 3.63) is 45.5 Å². The third-order valence-electron chi connectivity index (χ3n) is 4.91. The molecule has 2 heterocycles. The summed E-state index contributed by atoms with van der Waals surface area (Å²) < 4.78 is 1.67. The van der Waals surface area contributed by atoms with Gasteiger partial charge in [0.15, 0.2) is 10.2 Å². The predicted octanol–water partition coefficient (Wildman–Crippen LogP) is 4.65. The van der Waals surface area contributed by atoms with Gasteiger partial charge in [-0.25, -0.2) is 4.98 Å². The average molecular weight is 561 g/mol. The van der Waals surface area contributed by atoms with Gasteiger partial charge < -0.3 is 10.2 Å². The molecule has 1 aliphatic rings. The number of carbonyl (C=O) groups excluding carboxylic acids is 2. The maximum Gasteiger partial charge on any atom is 0.259 e. The molecule has 0 radical (unpaired) electrons. The van der Waals surface area contributed by atoms with E-state index in [1.165, 1.54) is 23.2 Å². The number of anilines is 3. The van der Waals surface area contributed by atoms with Gasteiger partial charge in [0, 0.05) is 16.2 Å². The van der Waals surface area contributed by atoms with E-state index in [1.54, 1.807) is 18.2 Å². The first-order valence-electron chi connectivity index (χ1n) is 9.20. The van der Waals surface area contributed by atoms with Crippen molar-refractivity contribution in [1.82, 2.24) is 4.98 Å². The van der Waals surface area contributed by atoms with Crippen molar-refractivity contribution in [1.29, 1.82) is 5.26 Å². The lowest BCUT2D eigenvalue weighted by Gasteiger charge is -2.29. The summed E-state index contributed by atoms with van der Waals surface area (Å²) in [5.74, 6) is -0.338. The number of rotatable bonds is 3. The molecule has 1 fully saturated rings. The molecule has 7 nitrogen and oxygen atoms in total. The van der Waals surface area contributed by atoms with Gasteiger partial charge in [-0.15, -0.1) is 0 Å². The van der Waals surface area contributed by atoms with Crippen LogP contribution in [0.5, 0.6) is 0 Å². The van der Waals surface area contributed by atoms with Gasteiger partial charge in [0.25, 0.3) is 5.91 Å². The van der Waals surface area contributed by atoms with Crippen LogP contribution in [0.15, 0.2) is 36.4 Å². The number of benzene rings is 2. The van der Waals surface area contributed by atoms with E-state index in [4.69, 9.17) is 12.2 Å². The van der Waals surface area contributed by atoms with E-state index in [0.717, 1.165) is 14.0 Å². The van der Waals surface area contributed by atoms with Crippen LogP contribution in [0.3, 0.4) is 0 Å². The molecule has 0 spiro atoms. The SMILES string of the molecule is CC(=O)Nc1nc2cc(N3C(=S)N(c4ccc(C#N)c(I)c4)C(=O)C3(C)C)ccc2s1. The first-order chi connectivity index (χ1) is 14.6. The predicted molar refractivity (Wildman–Crippen MR) is 134 cm³/mol. The Kier molecular flexibility index (Phi) is 5.45. The Morgan fingerprint density at radius 3 is 2.61 bits per heavy atom. The lowest BCUT2D eigenvalue weighted by atomic mass is 10.0. The van der Waals surface area contributed by atoms with E-state index in [2.05, 4.69) is 39.0 Å². The van der Waals surface area contributed by atoms with E-state index < -0.39 is 5.54 Å². The molecule has 0 aliphatic carbocycles. The number of aromatic nitrogens is 1. The number of halogens is 1. The summed E-state index contributed by atoms with van der Waals surface area (Å²) in [5, 5.41) is 12.8. The largest absolute Gasteiger partial charge is 0.303 e. The molecule has 2 amide bonds. The third kappa shape index (κ3) is 3.66. The van der Waals surface area contributed by atoms with Gasteiger partial charge in [0.05, 0.1) is 21.5 Å². The van der Waals surface area contributed by atoms with Crippen molar-refractivity contribution < 1.29 is 9.59 Å². The summed E-state index contributed by atoms with van der Waals surface area (Å²) in [6.45, 7) is 5.08. The first kappa shape index (κ1) is 21.6. The van der Waals surface area contributed by atoms with Crippen molar-refractivity contribution in [2.75, 3.05) is 15.1 Å². The number of fused-ring (bicyclic) bond motifs is 1. The number of hydrogen-bond donors (Lipinski definition) is 1. The van der Waals surface area contributed by atoms with Crippen molar-refractivity contribution >= 4 is 89.8 Å². The molecule has 10 heteroatoms. The van der Waals surface area contributed by atoms with Crippen molar-refractivity contribution in [3.63, 3.8) is 0 Å². The number of nitriles is 1. The number of amides is 2. The van der Waals surface area contributed by atoms with E-state index >= 15 is 0 Å². The van der Waals surface area contributed by atoms with Crippen LogP contribution >= 0.6 is 46.1 Å². The van der Waals surface area contributed by atoms with Gasteiger partial charge in [-0.3, -0.25) is 14.5 Å². The molecule has 0 atom stereocenters. The normalized spacial score (nSPS) is 15.5. The van der Waals surface area contributed by atoms with Crippen molar-refractivity contribution in [3.8, 4) is 6.07 Å². The number of thiazole rings is 1. The second kappa shape index (κ2) is 7.81. The molecule has 0 bridgehead atoms. The molecule has 0 saturated carbocycles. The van der Waals surface area contributed by atoms with Crippen LogP contribution in [-0.4, -0.2) is 27.4 Å². The van der Waals surface area contributed by atoms with Crippen LogP contribution < -0.4 is 15.1 Å². The molecule has 1 saturated heterocycles. The maximum absolute atomic E-state index is 13.3. The average Bonchev–Trinajstić information content (AvgIpc) is 3.16. The van der Waals surface area contributed by atoms with Gasteiger partial charge in [0.2, 0.25) is 5.91 Å². The van der Waals surface area contributed by atoms with E-state index in [9.17, 15) is 14.9 Å². The van der Waals surface area contributed by atoms with Crippen LogP contribution in [0, 0.1) is 14.9 Å². The Balaban J connectivity index is 1.75. The summed E-state index contributed by atoms with van der Waals surface area (Å²) in [7, 11) is 0. The Labute approximate surface area is 201 Å². The summed E-state index contributed by atoms with van der Waals surface area (Å²) >= 11 is 9.19. The topological polar surface area (TPSA) is 89.3 Å². The number of carbonyl (C=O) groups is 2. The highest BCUT2D eigenvalue weighted by Gasteiger charge is 2.50. The molecule has 31 heavy (non-hydrogen) atoms. The quantitative estimate of drug-likeness (QED) is 0.370. The molecular formula is C21H16IN5O2S2. The molecular weight excluding hydrogens is 545 g/mol. The highest BCUT2D eigenvalue weighted by atomic mass is 127. The van der Waals surface area contributed by atoms with Crippen molar-refractivity contribution in [2.45, 2.75) is 26.3 Å². The standard InChI is InChI=1S/C21H16IN5O2S2/c1-11(28)24-19-25-16-9-14(6-7-17(16)31-19)27-20(30)26(18(29)21(27,2)3)13-5-4-12(10-23)15(22)8-13/h4-9H,1-3H3,(H,24,25,28). The fourth-order valence-electron chi connectivity index (χ4n) is 3.45. The molecule has 1 aliphatic heterocycles. The zero-order valence-electron chi connectivity index (χ0n) is 16.8. The highest BCUT2D eigenvalue weighted by molar-refractivity contribution is 14.1. The van der Waals surface area contributed by atoms with Gasteiger partial charge in [0.1, 0.15) is 11.6 Å². The zero-order valence-corrected chi connectivity index (χ0v) is 20.6. The van der Waals surface area contributed by atoms with Crippen LogP contribution in [0.2, 0.25) is 0 Å². The molecule has 1 N–H and O–H groups in total. The lowest BCUT2D eigenvalue weighted by molar-refractivity contribution is -0.120. The zero-order chi connectivity index (χ0) is 22.5. The molecule has 3 aromatic rings. The number of nitrogens with one attached hydrogen (secondary N) is 1. The summed E-state index contributed by atoms with van der Waals surface area (Å²) in [4.78, 5) is 32.5. The van der Waals surface area contributed by atoms with E-state index in [-0.39, 0.29) is 11.8 Å². The van der Waals surface area contributed by atoms with Crippen LogP contribution in [0.25, 0.3) is 10.2 Å². The molecule has 4 rings (SSSR count). The minimum Gasteiger partial charge on any atom is -0.303 e. The highest BCUT2D eigenvalue weighted by Crippen LogP contribution is 2.38. The fraction of sp³-hybridized carbons (Fsp3) is 0.190. The van der Waals surface area contributed by atoms with Crippen molar-refractivity contribution in [2.24, 2.45) is 0 Å². The Morgan fingerprint density at radius 1 is 1.26 bits per heavy atom. The lowest BCUT2D eigenvalue weighted by Crippen LogP contribution is -2.44. The Bertz CT molecular complexity index is 1310. The van der Waals surface area contributed by atoms with Crippen LogP contribution in [-0.2, 0) is 9.59 Å². The molecule has 1 aromatic heterocycles. The van der Waals surface area contributed by atoms with Crippen LogP contribution in [0.4, 0.5) is 16.5 Å².